The van der Waals surface area contributed by atoms with Crippen LogP contribution in [0.25, 0.3) is 0 Å². The number of benzene rings is 2. The summed E-state index contributed by atoms with van der Waals surface area (Å²) < 4.78 is 10.5. The molecule has 0 aliphatic heterocycles. The van der Waals surface area contributed by atoms with E-state index < -0.39 is 6.10 Å². The van der Waals surface area contributed by atoms with Crippen LogP contribution in [0.5, 0.6) is 11.5 Å². The summed E-state index contributed by atoms with van der Waals surface area (Å²) in [5.74, 6) is 1.06. The summed E-state index contributed by atoms with van der Waals surface area (Å²) in [4.78, 5) is 12.3. The molecule has 3 N–H and O–H groups in total. The van der Waals surface area contributed by atoms with Gasteiger partial charge in [0.1, 0.15) is 11.5 Å². The zero-order chi connectivity index (χ0) is 19.8. The Balaban J connectivity index is 1.85. The number of methoxy groups -OCH3 is 2. The summed E-state index contributed by atoms with van der Waals surface area (Å²) in [7, 11) is 3.12. The van der Waals surface area contributed by atoms with E-state index in [0.29, 0.717) is 23.7 Å². The zero-order valence-corrected chi connectivity index (χ0v) is 16.3. The van der Waals surface area contributed by atoms with Crippen LogP contribution in [0.15, 0.2) is 42.5 Å². The average Bonchev–Trinajstić information content (AvgIpc) is 2.66. The molecular weight excluding hydrogens is 344 g/mol. The first-order chi connectivity index (χ1) is 12.9. The number of amides is 1. The van der Waals surface area contributed by atoms with Crippen LogP contribution in [-0.4, -0.2) is 37.8 Å². The van der Waals surface area contributed by atoms with Gasteiger partial charge in [0.25, 0.3) is 0 Å². The fraction of sp³-hybridized carbons (Fsp3) is 0.381. The predicted octanol–water partition coefficient (Wildman–Crippen LogP) is 3.05. The highest BCUT2D eigenvalue weighted by Crippen LogP contribution is 2.29. The standard InChI is InChI=1S/C21H28N2O4/c1-14-5-7-16(8-6-14)19(24)13-22-15(2)11-21(25)23-18-12-17(26-3)9-10-20(18)27-4/h5-10,12,15,19,22,24H,11,13H2,1-4H3,(H,23,25). The lowest BCUT2D eigenvalue weighted by Crippen LogP contribution is -2.33. The monoisotopic (exact) mass is 372 g/mol. The highest BCUT2D eigenvalue weighted by Gasteiger charge is 2.14. The van der Waals surface area contributed by atoms with E-state index in [4.69, 9.17) is 9.47 Å². The Hall–Kier alpha value is -2.57. The first kappa shape index (κ1) is 20.7. The van der Waals surface area contributed by atoms with Crippen molar-refractivity contribution >= 4 is 11.6 Å². The number of hydrogen-bond donors (Lipinski definition) is 3. The van der Waals surface area contributed by atoms with Gasteiger partial charge in [-0.2, -0.15) is 0 Å². The third-order valence-corrected chi connectivity index (χ3v) is 4.29. The minimum absolute atomic E-state index is 0.0956. The number of aliphatic hydroxyl groups is 1. The lowest BCUT2D eigenvalue weighted by molar-refractivity contribution is -0.116. The van der Waals surface area contributed by atoms with Gasteiger partial charge in [0.15, 0.2) is 0 Å². The van der Waals surface area contributed by atoms with Gasteiger partial charge in [-0.1, -0.05) is 29.8 Å². The number of anilines is 1. The molecule has 0 saturated heterocycles. The summed E-state index contributed by atoms with van der Waals surface area (Å²) in [6, 6.07) is 12.9. The van der Waals surface area contributed by atoms with E-state index in [-0.39, 0.29) is 18.4 Å². The van der Waals surface area contributed by atoms with Crippen LogP contribution < -0.4 is 20.1 Å². The molecule has 6 heteroatoms. The van der Waals surface area contributed by atoms with Crippen LogP contribution in [0.2, 0.25) is 0 Å². The van der Waals surface area contributed by atoms with Crippen LogP contribution in [0.3, 0.4) is 0 Å². The maximum Gasteiger partial charge on any atom is 0.226 e. The lowest BCUT2D eigenvalue weighted by Gasteiger charge is -2.18. The molecule has 0 aliphatic carbocycles. The molecule has 2 aromatic rings. The number of carbonyl (C=O) groups excluding carboxylic acids is 1. The number of aryl methyl sites for hydroxylation is 1. The Morgan fingerprint density at radius 1 is 1.11 bits per heavy atom. The van der Waals surface area contributed by atoms with Crippen molar-refractivity contribution in [2.24, 2.45) is 0 Å². The second kappa shape index (κ2) is 9.94. The van der Waals surface area contributed by atoms with Crippen LogP contribution in [0.1, 0.15) is 30.6 Å². The molecule has 146 valence electrons. The number of aliphatic hydroxyl groups excluding tert-OH is 1. The van der Waals surface area contributed by atoms with E-state index in [9.17, 15) is 9.90 Å². The maximum absolute atomic E-state index is 12.3. The largest absolute Gasteiger partial charge is 0.497 e. The van der Waals surface area contributed by atoms with Crippen LogP contribution in [0, 0.1) is 6.92 Å². The molecule has 0 radical (unpaired) electrons. The normalized spacial score (nSPS) is 12.9. The highest BCUT2D eigenvalue weighted by molar-refractivity contribution is 5.92. The summed E-state index contributed by atoms with van der Waals surface area (Å²) >= 11 is 0. The minimum atomic E-state index is -0.616. The number of ether oxygens (including phenoxy) is 2. The molecule has 0 aliphatic rings. The minimum Gasteiger partial charge on any atom is -0.497 e. The summed E-state index contributed by atoms with van der Waals surface area (Å²) in [5.41, 5.74) is 2.57. The predicted molar refractivity (Wildman–Crippen MR) is 106 cm³/mol. The van der Waals surface area contributed by atoms with Crippen LogP contribution >= 0.6 is 0 Å². The van der Waals surface area contributed by atoms with Crippen molar-refractivity contribution < 1.29 is 19.4 Å². The molecule has 1 amide bonds. The molecule has 2 unspecified atom stereocenters. The fourth-order valence-corrected chi connectivity index (χ4v) is 2.68. The number of hydrogen-bond acceptors (Lipinski definition) is 5. The van der Waals surface area contributed by atoms with Crippen molar-refractivity contribution in [3.8, 4) is 11.5 Å². The van der Waals surface area contributed by atoms with E-state index in [1.807, 2.05) is 38.1 Å². The highest BCUT2D eigenvalue weighted by atomic mass is 16.5. The van der Waals surface area contributed by atoms with Gasteiger partial charge in [-0.25, -0.2) is 0 Å². The Morgan fingerprint density at radius 2 is 1.81 bits per heavy atom. The molecule has 0 aromatic heterocycles. The van der Waals surface area contributed by atoms with Crippen molar-refractivity contribution in [3.63, 3.8) is 0 Å². The molecule has 2 atom stereocenters. The summed E-state index contributed by atoms with van der Waals surface area (Å²) in [6.45, 7) is 4.29. The van der Waals surface area contributed by atoms with Gasteiger partial charge in [0.05, 0.1) is 26.0 Å². The average molecular weight is 372 g/mol. The molecule has 0 bridgehead atoms. The summed E-state index contributed by atoms with van der Waals surface area (Å²) in [5, 5.41) is 16.3. The van der Waals surface area contributed by atoms with Crippen molar-refractivity contribution in [2.75, 3.05) is 26.1 Å². The quantitative estimate of drug-likeness (QED) is 0.630. The second-order valence-electron chi connectivity index (χ2n) is 6.55. The molecule has 0 heterocycles. The SMILES string of the molecule is COc1ccc(OC)c(NC(=O)CC(C)NCC(O)c2ccc(C)cc2)c1. The van der Waals surface area contributed by atoms with Gasteiger partial charge in [0.2, 0.25) is 5.91 Å². The van der Waals surface area contributed by atoms with Crippen molar-refractivity contribution in [1.82, 2.24) is 5.32 Å². The first-order valence-corrected chi connectivity index (χ1v) is 8.92. The van der Waals surface area contributed by atoms with Gasteiger partial charge in [-0.05, 0) is 31.5 Å². The van der Waals surface area contributed by atoms with Crippen molar-refractivity contribution in [3.05, 3.63) is 53.6 Å². The molecule has 2 aromatic carbocycles. The van der Waals surface area contributed by atoms with E-state index in [1.165, 1.54) is 0 Å². The Bertz CT molecular complexity index is 746. The van der Waals surface area contributed by atoms with Gasteiger partial charge >= 0.3 is 0 Å². The smallest absolute Gasteiger partial charge is 0.226 e. The Kier molecular flexibility index (Phi) is 7.64. The molecule has 2 rings (SSSR count). The van der Waals surface area contributed by atoms with Crippen LogP contribution in [0.4, 0.5) is 5.69 Å². The van der Waals surface area contributed by atoms with E-state index in [0.717, 1.165) is 11.1 Å². The molecule has 27 heavy (non-hydrogen) atoms. The third kappa shape index (κ3) is 6.27. The summed E-state index contributed by atoms with van der Waals surface area (Å²) in [6.07, 6.45) is -0.351. The van der Waals surface area contributed by atoms with E-state index in [2.05, 4.69) is 10.6 Å². The van der Waals surface area contributed by atoms with Gasteiger partial charge < -0.3 is 25.2 Å². The van der Waals surface area contributed by atoms with Gasteiger partial charge in [-0.15, -0.1) is 0 Å². The molecule has 0 spiro atoms. The first-order valence-electron chi connectivity index (χ1n) is 8.92. The maximum atomic E-state index is 12.3. The topological polar surface area (TPSA) is 79.8 Å². The number of rotatable bonds is 9. The molecular formula is C21H28N2O4. The van der Waals surface area contributed by atoms with E-state index >= 15 is 0 Å². The van der Waals surface area contributed by atoms with Crippen molar-refractivity contribution in [1.29, 1.82) is 0 Å². The van der Waals surface area contributed by atoms with Crippen molar-refractivity contribution in [2.45, 2.75) is 32.4 Å². The van der Waals surface area contributed by atoms with Gasteiger partial charge in [0, 0.05) is 25.1 Å². The number of carbonyl (C=O) groups is 1. The molecule has 0 fully saturated rings. The molecule has 0 saturated carbocycles. The van der Waals surface area contributed by atoms with Crippen LogP contribution in [-0.2, 0) is 4.79 Å². The van der Waals surface area contributed by atoms with E-state index in [1.54, 1.807) is 32.4 Å². The zero-order valence-electron chi connectivity index (χ0n) is 16.3. The Morgan fingerprint density at radius 3 is 2.44 bits per heavy atom. The third-order valence-electron chi connectivity index (χ3n) is 4.29. The fourth-order valence-electron chi connectivity index (χ4n) is 2.68. The van der Waals surface area contributed by atoms with Gasteiger partial charge in [-0.3, -0.25) is 4.79 Å². The second-order valence-corrected chi connectivity index (χ2v) is 6.55. The molecule has 6 nitrogen and oxygen atoms in total. The Labute approximate surface area is 160 Å². The lowest BCUT2D eigenvalue weighted by atomic mass is 10.1. The number of nitrogens with one attached hydrogen (secondary N) is 2.